The molecule has 1 amide bonds. The molecule has 7 heteroatoms. The van der Waals surface area contributed by atoms with Crippen molar-refractivity contribution in [3.05, 3.63) is 77.4 Å². The molecule has 31 heavy (non-hydrogen) atoms. The van der Waals surface area contributed by atoms with Gasteiger partial charge >= 0.3 is 0 Å². The Bertz CT molecular complexity index is 1040. The van der Waals surface area contributed by atoms with E-state index < -0.39 is 0 Å². The molecule has 160 valence electrons. The average Bonchev–Trinajstić information content (AvgIpc) is 3.33. The Labute approximate surface area is 181 Å². The van der Waals surface area contributed by atoms with Crippen molar-refractivity contribution in [2.75, 3.05) is 44.9 Å². The van der Waals surface area contributed by atoms with Crippen molar-refractivity contribution in [1.29, 1.82) is 0 Å². The topological polar surface area (TPSA) is 70.7 Å². The summed E-state index contributed by atoms with van der Waals surface area (Å²) in [5, 5.41) is 0. The lowest BCUT2D eigenvalue weighted by atomic mass is 9.94. The number of anilines is 1. The van der Waals surface area contributed by atoms with Crippen molar-refractivity contribution < 1.29 is 14.3 Å². The zero-order chi connectivity index (χ0) is 21.2. The molecule has 3 heterocycles. The van der Waals surface area contributed by atoms with Crippen LogP contribution in [0.25, 0.3) is 0 Å². The van der Waals surface area contributed by atoms with Crippen LogP contribution in [0.15, 0.2) is 54.9 Å². The fourth-order valence-electron chi connectivity index (χ4n) is 4.42. The van der Waals surface area contributed by atoms with Crippen molar-refractivity contribution in [1.82, 2.24) is 14.9 Å². The van der Waals surface area contributed by atoms with Crippen molar-refractivity contribution in [2.24, 2.45) is 0 Å². The summed E-state index contributed by atoms with van der Waals surface area (Å²) in [5.41, 5.74) is 4.84. The zero-order valence-corrected chi connectivity index (χ0v) is 17.6. The Balaban J connectivity index is 1.43. The summed E-state index contributed by atoms with van der Waals surface area (Å²) in [6.07, 6.45) is 2.48. The number of carbonyl (C=O) groups excluding carboxylic acids is 1. The van der Waals surface area contributed by atoms with Gasteiger partial charge in [-0.25, -0.2) is 4.98 Å². The van der Waals surface area contributed by atoms with Gasteiger partial charge < -0.3 is 24.3 Å². The number of ether oxygens (including phenoxy) is 2. The summed E-state index contributed by atoms with van der Waals surface area (Å²) in [7, 11) is 1.65. The molecule has 0 bridgehead atoms. The molecule has 2 aliphatic rings. The van der Waals surface area contributed by atoms with Gasteiger partial charge in [0.2, 0.25) is 0 Å². The highest BCUT2D eigenvalue weighted by Crippen LogP contribution is 2.35. The molecule has 7 nitrogen and oxygen atoms in total. The van der Waals surface area contributed by atoms with Crippen LogP contribution in [0.3, 0.4) is 0 Å². The number of imidazole rings is 1. The lowest BCUT2D eigenvalue weighted by Gasteiger charge is -2.35. The van der Waals surface area contributed by atoms with Crippen LogP contribution in [-0.2, 0) is 11.2 Å². The van der Waals surface area contributed by atoms with Gasteiger partial charge in [-0.3, -0.25) is 4.79 Å². The molecular formula is C24H26N4O3. The number of rotatable bonds is 4. The quantitative estimate of drug-likeness (QED) is 0.705. The predicted octanol–water partition coefficient (Wildman–Crippen LogP) is 3.04. The van der Waals surface area contributed by atoms with Crippen LogP contribution >= 0.6 is 0 Å². The lowest BCUT2D eigenvalue weighted by Crippen LogP contribution is -2.40. The summed E-state index contributed by atoms with van der Waals surface area (Å²) in [6, 6.07) is 15.6. The average molecular weight is 418 g/mol. The third kappa shape index (κ3) is 3.77. The normalized spacial score (nSPS) is 18.5. The lowest BCUT2D eigenvalue weighted by molar-refractivity contribution is 0.0690. The van der Waals surface area contributed by atoms with E-state index in [1.807, 2.05) is 53.4 Å². The minimum atomic E-state index is -0.229. The highest BCUT2D eigenvalue weighted by atomic mass is 16.5. The van der Waals surface area contributed by atoms with Gasteiger partial charge in [-0.2, -0.15) is 0 Å². The largest absolute Gasteiger partial charge is 0.497 e. The molecule has 0 aliphatic carbocycles. The van der Waals surface area contributed by atoms with E-state index in [1.54, 1.807) is 13.4 Å². The van der Waals surface area contributed by atoms with E-state index in [4.69, 9.17) is 9.47 Å². The summed E-state index contributed by atoms with van der Waals surface area (Å²) in [4.78, 5) is 25.6. The molecule has 1 saturated heterocycles. The molecule has 2 aromatic carbocycles. The van der Waals surface area contributed by atoms with Gasteiger partial charge in [0.1, 0.15) is 11.8 Å². The summed E-state index contributed by atoms with van der Waals surface area (Å²) in [6.45, 7) is 3.87. The van der Waals surface area contributed by atoms with E-state index in [9.17, 15) is 4.79 Å². The Morgan fingerprint density at radius 2 is 1.81 bits per heavy atom. The van der Waals surface area contributed by atoms with E-state index in [-0.39, 0.29) is 11.9 Å². The van der Waals surface area contributed by atoms with Crippen LogP contribution in [0.2, 0.25) is 0 Å². The minimum absolute atomic E-state index is 0.0167. The number of hydrogen-bond acceptors (Lipinski definition) is 5. The van der Waals surface area contributed by atoms with Crippen LogP contribution in [-0.4, -0.2) is 60.7 Å². The third-order valence-corrected chi connectivity index (χ3v) is 6.11. The number of morpholine rings is 1. The molecule has 0 saturated carbocycles. The second-order valence-corrected chi connectivity index (χ2v) is 7.84. The van der Waals surface area contributed by atoms with E-state index in [2.05, 4.69) is 14.9 Å². The SMILES string of the molecule is COc1ccc(C2c3nc[nH]c3CCN2C(=O)c2ccc(N3CCOCC3)cc2)cc1. The maximum Gasteiger partial charge on any atom is 0.254 e. The third-order valence-electron chi connectivity index (χ3n) is 6.11. The fraction of sp³-hybridized carbons (Fsp3) is 0.333. The van der Waals surface area contributed by atoms with Crippen LogP contribution in [0.5, 0.6) is 5.75 Å². The Hall–Kier alpha value is -3.32. The number of nitrogens with one attached hydrogen (secondary N) is 1. The smallest absolute Gasteiger partial charge is 0.254 e. The molecule has 1 fully saturated rings. The molecule has 1 atom stereocenters. The number of carbonyl (C=O) groups is 1. The molecule has 2 aliphatic heterocycles. The molecule has 5 rings (SSSR count). The maximum absolute atomic E-state index is 13.6. The molecular weight excluding hydrogens is 392 g/mol. The number of benzene rings is 2. The second kappa shape index (κ2) is 8.43. The van der Waals surface area contributed by atoms with Crippen molar-refractivity contribution >= 4 is 11.6 Å². The van der Waals surface area contributed by atoms with Gasteiger partial charge in [-0.1, -0.05) is 12.1 Å². The summed E-state index contributed by atoms with van der Waals surface area (Å²) < 4.78 is 10.7. The van der Waals surface area contributed by atoms with Gasteiger partial charge in [-0.15, -0.1) is 0 Å². The zero-order valence-electron chi connectivity index (χ0n) is 17.6. The fourth-order valence-corrected chi connectivity index (χ4v) is 4.42. The van der Waals surface area contributed by atoms with Crippen LogP contribution < -0.4 is 9.64 Å². The number of H-pyrrole nitrogens is 1. The molecule has 0 radical (unpaired) electrons. The van der Waals surface area contributed by atoms with Gasteiger partial charge in [0.05, 0.1) is 32.3 Å². The first-order chi connectivity index (χ1) is 15.2. The van der Waals surface area contributed by atoms with E-state index in [0.717, 1.165) is 61.1 Å². The van der Waals surface area contributed by atoms with Crippen molar-refractivity contribution in [3.8, 4) is 5.75 Å². The number of nitrogens with zero attached hydrogens (tertiary/aromatic N) is 3. The maximum atomic E-state index is 13.6. The van der Waals surface area contributed by atoms with Gasteiger partial charge in [0, 0.05) is 43.0 Å². The molecule has 1 aromatic heterocycles. The minimum Gasteiger partial charge on any atom is -0.497 e. The number of fused-ring (bicyclic) bond motifs is 1. The van der Waals surface area contributed by atoms with Gasteiger partial charge in [-0.05, 0) is 42.0 Å². The van der Waals surface area contributed by atoms with Gasteiger partial charge in [0.25, 0.3) is 5.91 Å². The van der Waals surface area contributed by atoms with E-state index in [0.29, 0.717) is 12.1 Å². The van der Waals surface area contributed by atoms with Crippen LogP contribution in [0.4, 0.5) is 5.69 Å². The Morgan fingerprint density at radius 3 is 2.52 bits per heavy atom. The summed E-state index contributed by atoms with van der Waals surface area (Å²) in [5.74, 6) is 0.807. The number of aromatic nitrogens is 2. The van der Waals surface area contributed by atoms with Crippen molar-refractivity contribution in [3.63, 3.8) is 0 Å². The number of amides is 1. The molecule has 1 N–H and O–H groups in total. The van der Waals surface area contributed by atoms with E-state index >= 15 is 0 Å². The van der Waals surface area contributed by atoms with Crippen LogP contribution in [0, 0.1) is 0 Å². The van der Waals surface area contributed by atoms with Gasteiger partial charge in [0.15, 0.2) is 0 Å². The number of aromatic amines is 1. The monoisotopic (exact) mass is 418 g/mol. The molecule has 1 unspecified atom stereocenters. The first kappa shape index (κ1) is 19.6. The summed E-state index contributed by atoms with van der Waals surface area (Å²) >= 11 is 0. The molecule has 0 spiro atoms. The predicted molar refractivity (Wildman–Crippen MR) is 118 cm³/mol. The highest BCUT2D eigenvalue weighted by molar-refractivity contribution is 5.95. The molecule has 3 aromatic rings. The number of hydrogen-bond donors (Lipinski definition) is 1. The Morgan fingerprint density at radius 1 is 1.06 bits per heavy atom. The Kier molecular flexibility index (Phi) is 5.34. The first-order valence-electron chi connectivity index (χ1n) is 10.6. The standard InChI is InChI=1S/C24H26N4O3/c1-30-20-8-4-17(5-9-20)23-22-21(25-16-26-22)10-11-28(23)24(29)18-2-6-19(7-3-18)27-12-14-31-15-13-27/h2-9,16,23H,10-15H2,1H3,(H,25,26). The second-order valence-electron chi connectivity index (χ2n) is 7.84. The van der Waals surface area contributed by atoms with E-state index in [1.165, 1.54) is 0 Å². The van der Waals surface area contributed by atoms with Crippen molar-refractivity contribution in [2.45, 2.75) is 12.5 Å². The first-order valence-corrected chi connectivity index (χ1v) is 10.6. The highest BCUT2D eigenvalue weighted by Gasteiger charge is 2.34. The van der Waals surface area contributed by atoms with Crippen LogP contribution in [0.1, 0.15) is 33.4 Å². The number of methoxy groups -OCH3 is 1.